The zero-order chi connectivity index (χ0) is 12.1. The number of nitrogens with zero attached hydrogens (tertiary/aromatic N) is 1. The molecule has 1 saturated heterocycles. The van der Waals surface area contributed by atoms with E-state index in [0.717, 1.165) is 25.8 Å². The van der Waals surface area contributed by atoms with Crippen LogP contribution in [0.2, 0.25) is 0 Å². The molecule has 2 aliphatic rings. The first-order valence-electron chi connectivity index (χ1n) is 7.26. The van der Waals surface area contributed by atoms with Gasteiger partial charge in [0, 0.05) is 24.8 Å². The Morgan fingerprint density at radius 3 is 2.47 bits per heavy atom. The third kappa shape index (κ3) is 3.94. The van der Waals surface area contributed by atoms with Gasteiger partial charge in [-0.1, -0.05) is 19.3 Å². The lowest BCUT2D eigenvalue weighted by Crippen LogP contribution is -2.46. The second-order valence-electron chi connectivity index (χ2n) is 6.00. The minimum Gasteiger partial charge on any atom is -0.381 e. The Morgan fingerprint density at radius 1 is 1.18 bits per heavy atom. The van der Waals surface area contributed by atoms with Crippen LogP contribution in [0.5, 0.6) is 0 Å². The molecule has 1 aliphatic carbocycles. The van der Waals surface area contributed by atoms with E-state index in [9.17, 15) is 0 Å². The molecule has 0 unspecified atom stereocenters. The molecule has 0 atom stereocenters. The van der Waals surface area contributed by atoms with E-state index >= 15 is 0 Å². The highest BCUT2D eigenvalue weighted by Gasteiger charge is 2.28. The minimum atomic E-state index is 0.137. The molecule has 2 N–H and O–H groups in total. The third-order valence-electron chi connectivity index (χ3n) is 4.63. The second-order valence-corrected chi connectivity index (χ2v) is 6.00. The Morgan fingerprint density at radius 2 is 1.82 bits per heavy atom. The van der Waals surface area contributed by atoms with Crippen LogP contribution in [-0.4, -0.2) is 43.3 Å². The Kier molecular flexibility index (Phi) is 4.83. The fourth-order valence-electron chi connectivity index (χ4n) is 3.21. The van der Waals surface area contributed by atoms with Gasteiger partial charge in [0.15, 0.2) is 0 Å². The average Bonchev–Trinajstić information content (AvgIpc) is 2.38. The van der Waals surface area contributed by atoms with E-state index in [4.69, 9.17) is 10.5 Å². The molecule has 3 nitrogen and oxygen atoms in total. The fourth-order valence-corrected chi connectivity index (χ4v) is 3.21. The number of hydrogen-bond donors (Lipinski definition) is 1. The summed E-state index contributed by atoms with van der Waals surface area (Å²) in [6.07, 6.45) is 10.1. The monoisotopic (exact) mass is 240 g/mol. The van der Waals surface area contributed by atoms with Crippen LogP contribution in [0, 0.1) is 0 Å². The maximum Gasteiger partial charge on any atom is 0.0480 e. The summed E-state index contributed by atoms with van der Waals surface area (Å²) in [6, 6.07) is 0.718. The van der Waals surface area contributed by atoms with Crippen LogP contribution < -0.4 is 5.73 Å². The van der Waals surface area contributed by atoms with Crippen LogP contribution >= 0.6 is 0 Å². The van der Waals surface area contributed by atoms with E-state index in [1.807, 2.05) is 0 Å². The van der Waals surface area contributed by atoms with Gasteiger partial charge in [0.25, 0.3) is 0 Å². The van der Waals surface area contributed by atoms with Gasteiger partial charge in [-0.2, -0.15) is 0 Å². The van der Waals surface area contributed by atoms with E-state index < -0.39 is 0 Å². The minimum absolute atomic E-state index is 0.137. The van der Waals surface area contributed by atoms with Gasteiger partial charge in [-0.15, -0.1) is 0 Å². The number of rotatable bonds is 4. The maximum absolute atomic E-state index is 6.49. The lowest BCUT2D eigenvalue weighted by Gasteiger charge is -2.37. The van der Waals surface area contributed by atoms with Crippen LogP contribution in [0.25, 0.3) is 0 Å². The zero-order valence-electron chi connectivity index (χ0n) is 11.3. The van der Waals surface area contributed by atoms with Crippen molar-refractivity contribution in [3.63, 3.8) is 0 Å². The van der Waals surface area contributed by atoms with Gasteiger partial charge < -0.3 is 15.4 Å². The van der Waals surface area contributed by atoms with E-state index in [2.05, 4.69) is 11.9 Å². The second kappa shape index (κ2) is 6.17. The number of hydrogen-bond acceptors (Lipinski definition) is 3. The maximum atomic E-state index is 6.49. The van der Waals surface area contributed by atoms with E-state index in [1.54, 1.807) is 0 Å². The molecule has 1 saturated carbocycles. The van der Waals surface area contributed by atoms with E-state index in [1.165, 1.54) is 51.4 Å². The molecule has 0 aromatic rings. The summed E-state index contributed by atoms with van der Waals surface area (Å²) < 4.78 is 5.41. The van der Waals surface area contributed by atoms with Gasteiger partial charge in [-0.3, -0.25) is 0 Å². The topological polar surface area (TPSA) is 38.5 Å². The van der Waals surface area contributed by atoms with Crippen LogP contribution in [-0.2, 0) is 4.74 Å². The van der Waals surface area contributed by atoms with Crippen molar-refractivity contribution in [3.8, 4) is 0 Å². The van der Waals surface area contributed by atoms with Gasteiger partial charge in [0.05, 0.1) is 0 Å². The molecule has 1 heterocycles. The first kappa shape index (κ1) is 13.3. The van der Waals surface area contributed by atoms with Crippen molar-refractivity contribution in [2.45, 2.75) is 62.9 Å². The first-order valence-corrected chi connectivity index (χ1v) is 7.26. The third-order valence-corrected chi connectivity index (χ3v) is 4.63. The largest absolute Gasteiger partial charge is 0.381 e. The molecule has 0 aromatic carbocycles. The molecule has 1 aliphatic heterocycles. The summed E-state index contributed by atoms with van der Waals surface area (Å²) >= 11 is 0. The Balaban J connectivity index is 1.72. The van der Waals surface area contributed by atoms with Crippen molar-refractivity contribution in [2.24, 2.45) is 5.73 Å². The van der Waals surface area contributed by atoms with Crippen LogP contribution in [0.1, 0.15) is 51.4 Å². The number of nitrogens with two attached hydrogens (primary N) is 1. The summed E-state index contributed by atoms with van der Waals surface area (Å²) in [5, 5.41) is 0. The standard InChI is InChI=1S/C14H28N2O/c1-16(13-5-11-17-12-6-13)10-9-14(15)7-3-2-4-8-14/h13H,2-12,15H2,1H3. The SMILES string of the molecule is CN(CCC1(N)CCCCC1)C1CCOCC1. The van der Waals surface area contributed by atoms with Crippen LogP contribution in [0.15, 0.2) is 0 Å². The summed E-state index contributed by atoms with van der Waals surface area (Å²) in [5.41, 5.74) is 6.62. The Bertz CT molecular complexity index is 220. The van der Waals surface area contributed by atoms with Crippen molar-refractivity contribution in [2.75, 3.05) is 26.8 Å². The van der Waals surface area contributed by atoms with Crippen LogP contribution in [0.4, 0.5) is 0 Å². The van der Waals surface area contributed by atoms with Crippen molar-refractivity contribution < 1.29 is 4.74 Å². The molecule has 17 heavy (non-hydrogen) atoms. The van der Waals surface area contributed by atoms with Gasteiger partial charge >= 0.3 is 0 Å². The molecule has 2 rings (SSSR count). The van der Waals surface area contributed by atoms with E-state index in [0.29, 0.717) is 0 Å². The smallest absolute Gasteiger partial charge is 0.0480 e. The average molecular weight is 240 g/mol. The lowest BCUT2D eigenvalue weighted by molar-refractivity contribution is 0.0400. The van der Waals surface area contributed by atoms with Gasteiger partial charge in [-0.05, 0) is 45.7 Å². The van der Waals surface area contributed by atoms with Crippen molar-refractivity contribution in [1.82, 2.24) is 4.90 Å². The molecule has 0 radical (unpaired) electrons. The van der Waals surface area contributed by atoms with E-state index in [-0.39, 0.29) is 5.54 Å². The molecular weight excluding hydrogens is 212 g/mol. The number of ether oxygens (including phenoxy) is 1. The van der Waals surface area contributed by atoms with Gasteiger partial charge in [0.2, 0.25) is 0 Å². The molecular formula is C14H28N2O. The molecule has 100 valence electrons. The summed E-state index contributed by atoms with van der Waals surface area (Å²) in [6.45, 7) is 3.02. The predicted octanol–water partition coefficient (Wildman–Crippen LogP) is 2.15. The molecule has 0 amide bonds. The highest BCUT2D eigenvalue weighted by Crippen LogP contribution is 2.29. The molecule has 0 aromatic heterocycles. The quantitative estimate of drug-likeness (QED) is 0.818. The predicted molar refractivity (Wildman–Crippen MR) is 71.1 cm³/mol. The van der Waals surface area contributed by atoms with Crippen molar-refractivity contribution in [1.29, 1.82) is 0 Å². The van der Waals surface area contributed by atoms with Crippen LogP contribution in [0.3, 0.4) is 0 Å². The first-order chi connectivity index (χ1) is 8.20. The summed E-state index contributed by atoms with van der Waals surface area (Å²) in [4.78, 5) is 2.51. The Hall–Kier alpha value is -0.120. The molecule has 2 fully saturated rings. The molecule has 0 spiro atoms. The van der Waals surface area contributed by atoms with Gasteiger partial charge in [-0.25, -0.2) is 0 Å². The van der Waals surface area contributed by atoms with Crippen molar-refractivity contribution in [3.05, 3.63) is 0 Å². The molecule has 3 heteroatoms. The summed E-state index contributed by atoms with van der Waals surface area (Å²) in [5.74, 6) is 0. The fraction of sp³-hybridized carbons (Fsp3) is 1.00. The van der Waals surface area contributed by atoms with Gasteiger partial charge in [0.1, 0.15) is 0 Å². The van der Waals surface area contributed by atoms with Crippen molar-refractivity contribution >= 4 is 0 Å². The Labute approximate surface area is 106 Å². The summed E-state index contributed by atoms with van der Waals surface area (Å²) in [7, 11) is 2.25. The molecule has 0 bridgehead atoms. The highest BCUT2D eigenvalue weighted by atomic mass is 16.5. The zero-order valence-corrected chi connectivity index (χ0v) is 11.3. The normalized spacial score (nSPS) is 26.3. The highest BCUT2D eigenvalue weighted by molar-refractivity contribution is 4.88. The lowest BCUT2D eigenvalue weighted by atomic mass is 9.80.